The lowest BCUT2D eigenvalue weighted by Gasteiger charge is -2.13. The van der Waals surface area contributed by atoms with E-state index in [1.807, 2.05) is 19.9 Å². The van der Waals surface area contributed by atoms with Gasteiger partial charge >= 0.3 is 0 Å². The van der Waals surface area contributed by atoms with Gasteiger partial charge in [-0.15, -0.1) is 0 Å². The van der Waals surface area contributed by atoms with E-state index < -0.39 is 0 Å². The summed E-state index contributed by atoms with van der Waals surface area (Å²) >= 11 is 3.43. The highest BCUT2D eigenvalue weighted by Crippen LogP contribution is 2.21. The van der Waals surface area contributed by atoms with Gasteiger partial charge in [-0.25, -0.2) is 9.97 Å². The van der Waals surface area contributed by atoms with Crippen molar-refractivity contribution >= 4 is 15.9 Å². The Labute approximate surface area is 134 Å². The Kier molecular flexibility index (Phi) is 5.42. The molecule has 2 heterocycles. The van der Waals surface area contributed by atoms with Crippen molar-refractivity contribution in [2.45, 2.75) is 34.2 Å². The number of hydrogen-bond donors (Lipinski definition) is 1. The van der Waals surface area contributed by atoms with Crippen molar-refractivity contribution in [3.63, 3.8) is 0 Å². The number of hydrogen-bond acceptors (Lipinski definition) is 4. The summed E-state index contributed by atoms with van der Waals surface area (Å²) in [5.41, 5.74) is 4.15. The predicted molar refractivity (Wildman–Crippen MR) is 89.0 cm³/mol. The van der Waals surface area contributed by atoms with Crippen LogP contribution in [0.2, 0.25) is 0 Å². The average molecular weight is 349 g/mol. The molecule has 0 unspecified atom stereocenters. The van der Waals surface area contributed by atoms with Crippen LogP contribution in [0.1, 0.15) is 30.8 Å². The number of aryl methyl sites for hydroxylation is 2. The van der Waals surface area contributed by atoms with Gasteiger partial charge in [0.2, 0.25) is 0 Å². The minimum absolute atomic E-state index is 0.638. The van der Waals surface area contributed by atoms with E-state index in [0.29, 0.717) is 5.92 Å². The molecule has 2 aromatic heterocycles. The van der Waals surface area contributed by atoms with Crippen molar-refractivity contribution in [3.05, 3.63) is 39.9 Å². The minimum Gasteiger partial charge on any atom is -0.312 e. The fourth-order valence-electron chi connectivity index (χ4n) is 2.14. The van der Waals surface area contributed by atoms with Crippen LogP contribution in [0.4, 0.5) is 0 Å². The maximum absolute atomic E-state index is 4.63. The van der Waals surface area contributed by atoms with Crippen LogP contribution in [-0.2, 0) is 6.54 Å². The monoisotopic (exact) mass is 348 g/mol. The Morgan fingerprint density at radius 1 is 1.14 bits per heavy atom. The van der Waals surface area contributed by atoms with Gasteiger partial charge in [-0.05, 0) is 48.3 Å². The first-order valence-electron chi connectivity index (χ1n) is 7.13. The van der Waals surface area contributed by atoms with Crippen LogP contribution < -0.4 is 5.32 Å². The number of pyridine rings is 1. The highest BCUT2D eigenvalue weighted by atomic mass is 79.9. The second-order valence-electron chi connectivity index (χ2n) is 5.61. The first-order chi connectivity index (χ1) is 9.97. The van der Waals surface area contributed by atoms with E-state index in [1.54, 1.807) is 12.4 Å². The van der Waals surface area contributed by atoms with Crippen molar-refractivity contribution in [2.24, 2.45) is 5.92 Å². The van der Waals surface area contributed by atoms with Crippen LogP contribution in [0.25, 0.3) is 11.4 Å². The van der Waals surface area contributed by atoms with Gasteiger partial charge in [-0.2, -0.15) is 0 Å². The summed E-state index contributed by atoms with van der Waals surface area (Å²) in [6.07, 6.45) is 3.54. The molecular formula is C16H21BrN4. The maximum atomic E-state index is 4.63. The molecule has 5 heteroatoms. The molecule has 2 aromatic rings. The van der Waals surface area contributed by atoms with Gasteiger partial charge in [-0.1, -0.05) is 13.8 Å². The molecule has 112 valence electrons. The smallest absolute Gasteiger partial charge is 0.161 e. The van der Waals surface area contributed by atoms with Gasteiger partial charge in [0.1, 0.15) is 0 Å². The number of halogens is 1. The molecule has 0 atom stereocenters. The van der Waals surface area contributed by atoms with E-state index in [2.05, 4.69) is 50.0 Å². The molecule has 0 aliphatic rings. The Morgan fingerprint density at radius 3 is 2.38 bits per heavy atom. The molecular weight excluding hydrogens is 328 g/mol. The molecule has 0 fully saturated rings. The average Bonchev–Trinajstić information content (AvgIpc) is 2.41. The van der Waals surface area contributed by atoms with E-state index in [-0.39, 0.29) is 0 Å². The zero-order valence-corrected chi connectivity index (χ0v) is 14.5. The zero-order valence-electron chi connectivity index (χ0n) is 12.9. The van der Waals surface area contributed by atoms with E-state index in [1.165, 1.54) is 5.56 Å². The molecule has 0 amide bonds. The molecule has 4 nitrogen and oxygen atoms in total. The summed E-state index contributed by atoms with van der Waals surface area (Å²) in [5, 5.41) is 3.45. The van der Waals surface area contributed by atoms with E-state index in [9.17, 15) is 0 Å². The Morgan fingerprint density at radius 2 is 1.81 bits per heavy atom. The molecule has 0 bridgehead atoms. The van der Waals surface area contributed by atoms with Gasteiger partial charge in [-0.3, -0.25) is 4.98 Å². The maximum Gasteiger partial charge on any atom is 0.161 e. The summed E-state index contributed by atoms with van der Waals surface area (Å²) in [6.45, 7) is 10.3. The molecule has 2 rings (SSSR count). The van der Waals surface area contributed by atoms with Crippen LogP contribution in [-0.4, -0.2) is 21.5 Å². The number of nitrogens with one attached hydrogen (secondary N) is 1. The Bertz CT molecular complexity index is 602. The molecule has 0 saturated heterocycles. The SMILES string of the molecule is Cc1nc(-c2cncc(Br)c2)nc(C)c1CNCC(C)C. The second kappa shape index (κ2) is 7.09. The summed E-state index contributed by atoms with van der Waals surface area (Å²) in [5.74, 6) is 1.37. The molecule has 0 spiro atoms. The Hall–Kier alpha value is -1.33. The molecule has 1 N–H and O–H groups in total. The van der Waals surface area contributed by atoms with Crippen LogP contribution in [0.15, 0.2) is 22.9 Å². The molecule has 0 aliphatic heterocycles. The largest absolute Gasteiger partial charge is 0.312 e. The minimum atomic E-state index is 0.638. The quantitative estimate of drug-likeness (QED) is 0.895. The van der Waals surface area contributed by atoms with Crippen molar-refractivity contribution < 1.29 is 0 Å². The lowest BCUT2D eigenvalue weighted by atomic mass is 10.1. The molecule has 21 heavy (non-hydrogen) atoms. The summed E-state index contributed by atoms with van der Waals surface area (Å²) in [7, 11) is 0. The summed E-state index contributed by atoms with van der Waals surface area (Å²) in [6, 6.07) is 1.98. The first-order valence-corrected chi connectivity index (χ1v) is 7.92. The molecule has 0 aromatic carbocycles. The second-order valence-corrected chi connectivity index (χ2v) is 6.53. The van der Waals surface area contributed by atoms with E-state index >= 15 is 0 Å². The lowest BCUT2D eigenvalue weighted by Crippen LogP contribution is -2.21. The molecule has 0 aliphatic carbocycles. The van der Waals surface area contributed by atoms with Gasteiger partial charge in [0.15, 0.2) is 5.82 Å². The van der Waals surface area contributed by atoms with Crippen LogP contribution in [0.5, 0.6) is 0 Å². The van der Waals surface area contributed by atoms with Gasteiger partial charge in [0.05, 0.1) is 0 Å². The molecule has 0 radical (unpaired) electrons. The first kappa shape index (κ1) is 16.0. The van der Waals surface area contributed by atoms with Crippen LogP contribution >= 0.6 is 15.9 Å². The molecule has 0 saturated carbocycles. The van der Waals surface area contributed by atoms with Crippen LogP contribution in [0.3, 0.4) is 0 Å². The van der Waals surface area contributed by atoms with Gasteiger partial charge < -0.3 is 5.32 Å². The van der Waals surface area contributed by atoms with Crippen molar-refractivity contribution in [3.8, 4) is 11.4 Å². The van der Waals surface area contributed by atoms with Crippen molar-refractivity contribution in [1.29, 1.82) is 0 Å². The third-order valence-corrected chi connectivity index (χ3v) is 3.67. The van der Waals surface area contributed by atoms with Gasteiger partial charge in [0, 0.05) is 45.9 Å². The third kappa shape index (κ3) is 4.32. The van der Waals surface area contributed by atoms with E-state index in [4.69, 9.17) is 0 Å². The standard InChI is InChI=1S/C16H21BrN4/c1-10(2)6-18-9-15-11(3)20-16(21-12(15)4)13-5-14(17)8-19-7-13/h5,7-8,10,18H,6,9H2,1-4H3. The van der Waals surface area contributed by atoms with E-state index in [0.717, 1.165) is 40.3 Å². The zero-order chi connectivity index (χ0) is 15.4. The number of rotatable bonds is 5. The summed E-state index contributed by atoms with van der Waals surface area (Å²) < 4.78 is 0.932. The van der Waals surface area contributed by atoms with Crippen LogP contribution in [0, 0.1) is 19.8 Å². The fourth-order valence-corrected chi connectivity index (χ4v) is 2.51. The lowest BCUT2D eigenvalue weighted by molar-refractivity contribution is 0.549. The van der Waals surface area contributed by atoms with Crippen molar-refractivity contribution in [1.82, 2.24) is 20.3 Å². The van der Waals surface area contributed by atoms with Gasteiger partial charge in [0.25, 0.3) is 0 Å². The Balaban J connectivity index is 2.24. The third-order valence-electron chi connectivity index (χ3n) is 3.24. The normalized spacial score (nSPS) is 11.1. The fraction of sp³-hybridized carbons (Fsp3) is 0.438. The van der Waals surface area contributed by atoms with Crippen molar-refractivity contribution in [2.75, 3.05) is 6.54 Å². The summed E-state index contributed by atoms with van der Waals surface area (Å²) in [4.78, 5) is 13.4. The topological polar surface area (TPSA) is 50.7 Å². The highest BCUT2D eigenvalue weighted by Gasteiger charge is 2.10. The number of aromatic nitrogens is 3. The predicted octanol–water partition coefficient (Wildman–Crippen LogP) is 3.66. The number of nitrogens with zero attached hydrogens (tertiary/aromatic N) is 3. The highest BCUT2D eigenvalue weighted by molar-refractivity contribution is 9.10.